The normalized spacial score (nSPS) is 19.6. The molecular formula is C22H24N6O2. The molecule has 0 aromatic carbocycles. The number of nitrogens with zero attached hydrogens (tertiary/aromatic N) is 5. The molecule has 3 heterocycles. The van der Waals surface area contributed by atoms with Gasteiger partial charge in [-0.05, 0) is 37.5 Å². The van der Waals surface area contributed by atoms with Crippen LogP contribution >= 0.6 is 0 Å². The van der Waals surface area contributed by atoms with E-state index in [9.17, 15) is 4.79 Å². The van der Waals surface area contributed by atoms with E-state index in [0.29, 0.717) is 17.2 Å². The first-order valence-electron chi connectivity index (χ1n) is 10.4. The number of aromatic nitrogens is 5. The van der Waals surface area contributed by atoms with Crippen LogP contribution in [0.25, 0.3) is 11.5 Å². The molecule has 0 bridgehead atoms. The summed E-state index contributed by atoms with van der Waals surface area (Å²) in [6.07, 6.45) is 12.2. The van der Waals surface area contributed by atoms with Gasteiger partial charge in [0.2, 0.25) is 0 Å². The summed E-state index contributed by atoms with van der Waals surface area (Å²) in [5, 5.41) is 7.25. The summed E-state index contributed by atoms with van der Waals surface area (Å²) in [4.78, 5) is 30.7. The van der Waals surface area contributed by atoms with Crippen molar-refractivity contribution in [2.45, 2.75) is 58.4 Å². The predicted molar refractivity (Wildman–Crippen MR) is 109 cm³/mol. The number of carbonyl (C=O) groups is 1. The van der Waals surface area contributed by atoms with Crippen molar-refractivity contribution >= 4 is 5.91 Å². The largest absolute Gasteiger partial charge is 0.360 e. The smallest absolute Gasteiger partial charge is 0.274 e. The van der Waals surface area contributed by atoms with E-state index in [4.69, 9.17) is 9.51 Å². The van der Waals surface area contributed by atoms with Gasteiger partial charge in [0.1, 0.15) is 11.5 Å². The Hall–Kier alpha value is -3.16. The van der Waals surface area contributed by atoms with Crippen molar-refractivity contribution in [1.29, 1.82) is 0 Å². The van der Waals surface area contributed by atoms with Crippen LogP contribution in [0.2, 0.25) is 0 Å². The molecule has 0 radical (unpaired) electrons. The van der Waals surface area contributed by atoms with Crippen LogP contribution < -0.4 is 5.32 Å². The zero-order chi connectivity index (χ0) is 20.7. The van der Waals surface area contributed by atoms with E-state index in [-0.39, 0.29) is 17.4 Å². The third kappa shape index (κ3) is 3.46. The third-order valence-electron chi connectivity index (χ3n) is 5.94. The average Bonchev–Trinajstić information content (AvgIpc) is 3.17. The zero-order valence-electron chi connectivity index (χ0n) is 17.2. The molecule has 1 N–H and O–H groups in total. The minimum Gasteiger partial charge on any atom is -0.360 e. The molecule has 8 heteroatoms. The topological polar surface area (TPSA) is 107 Å². The molecular weight excluding hydrogens is 380 g/mol. The Bertz CT molecular complexity index is 1090. The van der Waals surface area contributed by atoms with E-state index in [1.54, 1.807) is 18.6 Å². The number of fused-ring (bicyclic) bond motifs is 2. The van der Waals surface area contributed by atoms with Gasteiger partial charge in [0.05, 0.1) is 17.9 Å². The Morgan fingerprint density at radius 1 is 1.17 bits per heavy atom. The lowest BCUT2D eigenvalue weighted by Gasteiger charge is -2.36. The summed E-state index contributed by atoms with van der Waals surface area (Å²) < 4.78 is 5.42. The SMILES string of the molecule is CC1(C)Cc2nc(-c3cnccn3)ncc2[C@@H](NC(=O)c2noc3c2CCCC3)C1. The lowest BCUT2D eigenvalue weighted by Crippen LogP contribution is -2.37. The molecule has 0 saturated heterocycles. The van der Waals surface area contributed by atoms with Crippen LogP contribution in [0, 0.1) is 5.41 Å². The highest BCUT2D eigenvalue weighted by atomic mass is 16.5. The number of hydrogen-bond donors (Lipinski definition) is 1. The molecule has 2 aliphatic carbocycles. The minimum atomic E-state index is -0.187. The van der Waals surface area contributed by atoms with E-state index in [2.05, 4.69) is 39.3 Å². The molecule has 3 aromatic rings. The number of rotatable bonds is 3. The number of carbonyl (C=O) groups excluding carboxylic acids is 1. The number of amides is 1. The predicted octanol–water partition coefficient (Wildman–Crippen LogP) is 3.24. The molecule has 3 aromatic heterocycles. The summed E-state index contributed by atoms with van der Waals surface area (Å²) >= 11 is 0. The van der Waals surface area contributed by atoms with E-state index in [1.165, 1.54) is 0 Å². The Morgan fingerprint density at radius 2 is 2.03 bits per heavy atom. The van der Waals surface area contributed by atoms with Gasteiger partial charge in [-0.25, -0.2) is 15.0 Å². The molecule has 1 atom stereocenters. The molecule has 0 aliphatic heterocycles. The lowest BCUT2D eigenvalue weighted by atomic mass is 9.74. The van der Waals surface area contributed by atoms with E-state index in [0.717, 1.165) is 61.1 Å². The summed E-state index contributed by atoms with van der Waals surface area (Å²) in [5.41, 5.74) is 3.90. The monoisotopic (exact) mass is 404 g/mol. The third-order valence-corrected chi connectivity index (χ3v) is 5.94. The van der Waals surface area contributed by atoms with Crippen LogP contribution in [0.15, 0.2) is 29.3 Å². The van der Waals surface area contributed by atoms with Gasteiger partial charge in [-0.3, -0.25) is 9.78 Å². The van der Waals surface area contributed by atoms with Gasteiger partial charge in [-0.15, -0.1) is 0 Å². The molecule has 30 heavy (non-hydrogen) atoms. The van der Waals surface area contributed by atoms with Crippen molar-refractivity contribution in [2.75, 3.05) is 0 Å². The first-order valence-corrected chi connectivity index (χ1v) is 10.4. The highest BCUT2D eigenvalue weighted by Gasteiger charge is 2.36. The van der Waals surface area contributed by atoms with Crippen molar-refractivity contribution in [1.82, 2.24) is 30.4 Å². The molecule has 8 nitrogen and oxygen atoms in total. The Balaban J connectivity index is 1.45. The Kier molecular flexibility index (Phi) is 4.56. The Morgan fingerprint density at radius 3 is 2.87 bits per heavy atom. The fourth-order valence-corrected chi connectivity index (χ4v) is 4.50. The highest BCUT2D eigenvalue weighted by Crippen LogP contribution is 2.40. The van der Waals surface area contributed by atoms with Gasteiger partial charge in [0, 0.05) is 36.1 Å². The van der Waals surface area contributed by atoms with Crippen LogP contribution in [0.3, 0.4) is 0 Å². The maximum atomic E-state index is 13.1. The second-order valence-corrected chi connectivity index (χ2v) is 8.90. The molecule has 154 valence electrons. The summed E-state index contributed by atoms with van der Waals surface area (Å²) in [7, 11) is 0. The highest BCUT2D eigenvalue weighted by molar-refractivity contribution is 5.94. The second-order valence-electron chi connectivity index (χ2n) is 8.90. The summed E-state index contributed by atoms with van der Waals surface area (Å²) in [5.74, 6) is 1.22. The van der Waals surface area contributed by atoms with Gasteiger partial charge < -0.3 is 9.84 Å². The number of hydrogen-bond acceptors (Lipinski definition) is 7. The van der Waals surface area contributed by atoms with E-state index < -0.39 is 0 Å². The molecule has 0 fully saturated rings. The average molecular weight is 404 g/mol. The van der Waals surface area contributed by atoms with Crippen LogP contribution in [-0.4, -0.2) is 31.0 Å². The van der Waals surface area contributed by atoms with Gasteiger partial charge in [0.25, 0.3) is 5.91 Å². The van der Waals surface area contributed by atoms with Crippen molar-refractivity contribution < 1.29 is 9.32 Å². The van der Waals surface area contributed by atoms with Crippen LogP contribution in [0.1, 0.15) is 72.2 Å². The van der Waals surface area contributed by atoms with Gasteiger partial charge in [-0.1, -0.05) is 19.0 Å². The number of nitrogens with one attached hydrogen (secondary N) is 1. The maximum Gasteiger partial charge on any atom is 0.274 e. The zero-order valence-corrected chi connectivity index (χ0v) is 17.2. The summed E-state index contributed by atoms with van der Waals surface area (Å²) in [6.45, 7) is 4.38. The Labute approximate surface area is 174 Å². The molecule has 5 rings (SSSR count). The molecule has 0 saturated carbocycles. The van der Waals surface area contributed by atoms with Crippen LogP contribution in [-0.2, 0) is 19.3 Å². The fraction of sp³-hybridized carbons (Fsp3) is 0.455. The quantitative estimate of drug-likeness (QED) is 0.714. The van der Waals surface area contributed by atoms with Gasteiger partial charge >= 0.3 is 0 Å². The van der Waals surface area contributed by atoms with Gasteiger partial charge in [-0.2, -0.15) is 0 Å². The lowest BCUT2D eigenvalue weighted by molar-refractivity contribution is 0.0909. The van der Waals surface area contributed by atoms with E-state index in [1.807, 2.05) is 6.20 Å². The minimum absolute atomic E-state index is 0.0117. The first-order chi connectivity index (χ1) is 14.5. The summed E-state index contributed by atoms with van der Waals surface area (Å²) in [6, 6.07) is -0.178. The van der Waals surface area contributed by atoms with E-state index >= 15 is 0 Å². The van der Waals surface area contributed by atoms with Gasteiger partial charge in [0.15, 0.2) is 11.5 Å². The molecule has 0 unspecified atom stereocenters. The second kappa shape index (κ2) is 7.27. The van der Waals surface area contributed by atoms with Crippen molar-refractivity contribution in [3.05, 3.63) is 53.1 Å². The molecule has 0 spiro atoms. The molecule has 2 aliphatic rings. The van der Waals surface area contributed by atoms with Crippen molar-refractivity contribution in [2.24, 2.45) is 5.41 Å². The van der Waals surface area contributed by atoms with Crippen molar-refractivity contribution in [3.8, 4) is 11.5 Å². The van der Waals surface area contributed by atoms with Crippen LogP contribution in [0.5, 0.6) is 0 Å². The molecule has 1 amide bonds. The fourth-order valence-electron chi connectivity index (χ4n) is 4.50. The van der Waals surface area contributed by atoms with Crippen molar-refractivity contribution in [3.63, 3.8) is 0 Å². The maximum absolute atomic E-state index is 13.1. The number of aryl methyl sites for hydroxylation is 1. The standard InChI is InChI=1S/C22H24N6O2/c1-22(2)9-15-14(11-25-20(26-15)17-12-23-7-8-24-17)16(10-22)27-21(29)19-13-5-3-4-6-18(13)30-28-19/h7-8,11-12,16H,3-6,9-10H2,1-2H3,(H,27,29)/t16-/m0/s1. The van der Waals surface area contributed by atoms with Crippen LogP contribution in [0.4, 0.5) is 0 Å². The first kappa shape index (κ1) is 18.8.